The van der Waals surface area contributed by atoms with Gasteiger partial charge in [-0.3, -0.25) is 9.52 Å². The highest BCUT2D eigenvalue weighted by Gasteiger charge is 2.28. The molecular formula is C21H25ClN2O3S. The normalized spacial score (nSPS) is 22.5. The maximum absolute atomic E-state index is 12.6. The fourth-order valence-corrected chi connectivity index (χ4v) is 4.74. The molecule has 2 aromatic carbocycles. The molecule has 0 spiro atoms. The molecule has 0 saturated heterocycles. The lowest BCUT2D eigenvalue weighted by Crippen LogP contribution is -2.43. The Hall–Kier alpha value is -2.05. The molecule has 1 aliphatic carbocycles. The van der Waals surface area contributed by atoms with Crippen LogP contribution in [0.5, 0.6) is 0 Å². The standard InChI is InChI=1S/C21H25ClN2O3S/c1-14-4-3-5-20(15(14)2)23-21(25)16-6-12-19(13-7-16)28(26,27)24-18-10-8-17(22)9-11-18/h6-15,20,24H,3-5H2,1-2H3,(H,23,25)/t14-,15-,20-/m1/s1. The molecule has 28 heavy (non-hydrogen) atoms. The Labute approximate surface area is 171 Å². The molecule has 0 aliphatic heterocycles. The molecule has 0 heterocycles. The zero-order valence-corrected chi connectivity index (χ0v) is 17.6. The average Bonchev–Trinajstić information content (AvgIpc) is 2.67. The molecule has 150 valence electrons. The van der Waals surface area contributed by atoms with E-state index in [1.807, 2.05) is 0 Å². The van der Waals surface area contributed by atoms with Crippen molar-refractivity contribution in [2.24, 2.45) is 11.8 Å². The number of anilines is 1. The smallest absolute Gasteiger partial charge is 0.261 e. The average molecular weight is 421 g/mol. The van der Waals surface area contributed by atoms with E-state index in [0.717, 1.165) is 12.8 Å². The zero-order valence-electron chi connectivity index (χ0n) is 16.0. The van der Waals surface area contributed by atoms with Gasteiger partial charge in [-0.15, -0.1) is 0 Å². The molecule has 3 rings (SSSR count). The van der Waals surface area contributed by atoms with Crippen molar-refractivity contribution >= 4 is 33.2 Å². The maximum atomic E-state index is 12.6. The van der Waals surface area contributed by atoms with Crippen LogP contribution in [0.15, 0.2) is 53.4 Å². The number of sulfonamides is 1. The number of amides is 1. The number of nitrogens with one attached hydrogen (secondary N) is 2. The van der Waals surface area contributed by atoms with E-state index in [9.17, 15) is 13.2 Å². The molecule has 2 N–H and O–H groups in total. The molecule has 1 saturated carbocycles. The molecule has 0 aromatic heterocycles. The van der Waals surface area contributed by atoms with E-state index >= 15 is 0 Å². The van der Waals surface area contributed by atoms with Crippen LogP contribution < -0.4 is 10.0 Å². The molecule has 0 radical (unpaired) electrons. The largest absolute Gasteiger partial charge is 0.349 e. The van der Waals surface area contributed by atoms with Gasteiger partial charge in [0.1, 0.15) is 0 Å². The second-order valence-corrected chi connectivity index (χ2v) is 9.60. The molecule has 1 aliphatic rings. The van der Waals surface area contributed by atoms with Gasteiger partial charge in [-0.2, -0.15) is 0 Å². The summed E-state index contributed by atoms with van der Waals surface area (Å²) < 4.78 is 27.5. The summed E-state index contributed by atoms with van der Waals surface area (Å²) >= 11 is 5.82. The predicted octanol–water partition coefficient (Wildman–Crippen LogP) is 4.70. The number of hydrogen-bond donors (Lipinski definition) is 2. The lowest BCUT2D eigenvalue weighted by Gasteiger charge is -2.34. The van der Waals surface area contributed by atoms with Crippen LogP contribution in [0.3, 0.4) is 0 Å². The number of benzene rings is 2. The molecule has 0 bridgehead atoms. The minimum atomic E-state index is -3.74. The van der Waals surface area contributed by atoms with Crippen LogP contribution in [0.2, 0.25) is 5.02 Å². The number of rotatable bonds is 5. The molecule has 3 atom stereocenters. The molecular weight excluding hydrogens is 396 g/mol. The second-order valence-electron chi connectivity index (χ2n) is 7.48. The van der Waals surface area contributed by atoms with E-state index in [0.29, 0.717) is 28.1 Å². The van der Waals surface area contributed by atoms with Crippen molar-refractivity contribution in [2.75, 3.05) is 4.72 Å². The summed E-state index contributed by atoms with van der Waals surface area (Å²) in [5.74, 6) is 0.854. The summed E-state index contributed by atoms with van der Waals surface area (Å²) in [6, 6.07) is 12.5. The van der Waals surface area contributed by atoms with Gasteiger partial charge in [0, 0.05) is 22.3 Å². The zero-order chi connectivity index (χ0) is 20.3. The summed E-state index contributed by atoms with van der Waals surface area (Å²) in [6.45, 7) is 4.39. The van der Waals surface area contributed by atoms with Gasteiger partial charge < -0.3 is 5.32 Å². The summed E-state index contributed by atoms with van der Waals surface area (Å²) in [6.07, 6.45) is 3.29. The van der Waals surface area contributed by atoms with Crippen LogP contribution in [0, 0.1) is 11.8 Å². The van der Waals surface area contributed by atoms with Gasteiger partial charge in [0.05, 0.1) is 4.90 Å². The highest BCUT2D eigenvalue weighted by atomic mass is 35.5. The monoisotopic (exact) mass is 420 g/mol. The van der Waals surface area contributed by atoms with Crippen molar-refractivity contribution in [3.05, 3.63) is 59.1 Å². The van der Waals surface area contributed by atoms with Crippen LogP contribution in [0.1, 0.15) is 43.5 Å². The fourth-order valence-electron chi connectivity index (χ4n) is 3.55. The SMILES string of the molecule is C[C@@H]1[C@H](C)CCC[C@H]1NC(=O)c1ccc(S(=O)(=O)Nc2ccc(Cl)cc2)cc1. The summed E-state index contributed by atoms with van der Waals surface area (Å²) in [5, 5.41) is 3.63. The Bertz CT molecular complexity index is 927. The molecule has 2 aromatic rings. The Morgan fingerprint density at radius 3 is 2.29 bits per heavy atom. The van der Waals surface area contributed by atoms with Crippen LogP contribution in [0.25, 0.3) is 0 Å². The van der Waals surface area contributed by atoms with E-state index in [4.69, 9.17) is 11.6 Å². The van der Waals surface area contributed by atoms with Gasteiger partial charge in [0.15, 0.2) is 0 Å². The first-order chi connectivity index (χ1) is 13.3. The molecule has 0 unspecified atom stereocenters. The number of carbonyl (C=O) groups excluding carboxylic acids is 1. The molecule has 1 amide bonds. The van der Waals surface area contributed by atoms with Gasteiger partial charge in [0.2, 0.25) is 0 Å². The van der Waals surface area contributed by atoms with E-state index < -0.39 is 10.0 Å². The second kappa shape index (κ2) is 8.53. The first kappa shape index (κ1) is 20.7. The first-order valence-electron chi connectivity index (χ1n) is 9.45. The van der Waals surface area contributed by atoms with Crippen LogP contribution >= 0.6 is 11.6 Å². The highest BCUT2D eigenvalue weighted by molar-refractivity contribution is 7.92. The van der Waals surface area contributed by atoms with Crippen molar-refractivity contribution in [2.45, 2.75) is 44.0 Å². The summed E-state index contributed by atoms with van der Waals surface area (Å²) in [7, 11) is -3.74. The topological polar surface area (TPSA) is 75.3 Å². The third-order valence-corrected chi connectivity index (χ3v) is 7.20. The predicted molar refractivity (Wildman–Crippen MR) is 112 cm³/mol. The van der Waals surface area contributed by atoms with Crippen molar-refractivity contribution < 1.29 is 13.2 Å². The first-order valence-corrected chi connectivity index (χ1v) is 11.3. The number of halogens is 1. The minimum absolute atomic E-state index is 0.0960. The summed E-state index contributed by atoms with van der Waals surface area (Å²) in [4.78, 5) is 12.7. The quantitative estimate of drug-likeness (QED) is 0.736. The van der Waals surface area contributed by atoms with Gasteiger partial charge in [-0.05, 0) is 66.8 Å². The van der Waals surface area contributed by atoms with Gasteiger partial charge in [-0.25, -0.2) is 8.42 Å². The number of carbonyl (C=O) groups is 1. The Balaban J connectivity index is 1.68. The molecule has 5 nitrogen and oxygen atoms in total. The molecule has 1 fully saturated rings. The lowest BCUT2D eigenvalue weighted by molar-refractivity contribution is 0.0891. The van der Waals surface area contributed by atoms with Crippen molar-refractivity contribution in [3.8, 4) is 0 Å². The van der Waals surface area contributed by atoms with Crippen molar-refractivity contribution in [3.63, 3.8) is 0 Å². The fraction of sp³-hybridized carbons (Fsp3) is 0.381. The Morgan fingerprint density at radius 2 is 1.64 bits per heavy atom. The van der Waals surface area contributed by atoms with Crippen LogP contribution in [-0.4, -0.2) is 20.4 Å². The van der Waals surface area contributed by atoms with E-state index in [1.54, 1.807) is 36.4 Å². The van der Waals surface area contributed by atoms with Crippen molar-refractivity contribution in [1.29, 1.82) is 0 Å². The Morgan fingerprint density at radius 1 is 1.00 bits per heavy atom. The maximum Gasteiger partial charge on any atom is 0.261 e. The van der Waals surface area contributed by atoms with Crippen molar-refractivity contribution in [1.82, 2.24) is 5.32 Å². The van der Waals surface area contributed by atoms with Gasteiger partial charge in [-0.1, -0.05) is 38.3 Å². The van der Waals surface area contributed by atoms with E-state index in [2.05, 4.69) is 23.9 Å². The lowest BCUT2D eigenvalue weighted by atomic mass is 9.78. The molecule has 7 heteroatoms. The minimum Gasteiger partial charge on any atom is -0.349 e. The summed E-state index contributed by atoms with van der Waals surface area (Å²) in [5.41, 5.74) is 0.877. The third kappa shape index (κ3) is 4.86. The van der Waals surface area contributed by atoms with E-state index in [1.165, 1.54) is 18.6 Å². The van der Waals surface area contributed by atoms with Crippen LogP contribution in [-0.2, 0) is 10.0 Å². The van der Waals surface area contributed by atoms with Gasteiger partial charge >= 0.3 is 0 Å². The number of hydrogen-bond acceptors (Lipinski definition) is 3. The third-order valence-electron chi connectivity index (χ3n) is 5.55. The van der Waals surface area contributed by atoms with E-state index in [-0.39, 0.29) is 16.8 Å². The Kier molecular flexibility index (Phi) is 6.30. The van der Waals surface area contributed by atoms with Gasteiger partial charge in [0.25, 0.3) is 15.9 Å². The highest BCUT2D eigenvalue weighted by Crippen LogP contribution is 2.29. The van der Waals surface area contributed by atoms with Crippen LogP contribution in [0.4, 0.5) is 5.69 Å².